The van der Waals surface area contributed by atoms with Gasteiger partial charge in [-0.25, -0.2) is 0 Å². The summed E-state index contributed by atoms with van der Waals surface area (Å²) in [6.07, 6.45) is 8.00. The highest BCUT2D eigenvalue weighted by atomic mass is 32.1. The van der Waals surface area contributed by atoms with Crippen LogP contribution in [-0.4, -0.2) is 0 Å². The minimum atomic E-state index is 1.14. The lowest BCUT2D eigenvalue weighted by molar-refractivity contribution is 1.01. The summed E-state index contributed by atoms with van der Waals surface area (Å²) >= 11 is 1.85. The van der Waals surface area contributed by atoms with E-state index in [1.54, 1.807) is 0 Å². The maximum atomic E-state index is 2.30. The number of thiophene rings is 1. The molecule has 0 saturated heterocycles. The molecule has 0 nitrogen and oxygen atoms in total. The van der Waals surface area contributed by atoms with Gasteiger partial charge in [0, 0.05) is 4.70 Å². The molecule has 2 rings (SSSR count). The fourth-order valence-electron chi connectivity index (χ4n) is 1.75. The van der Waals surface area contributed by atoms with E-state index in [2.05, 4.69) is 48.7 Å². The van der Waals surface area contributed by atoms with Gasteiger partial charge in [0.1, 0.15) is 0 Å². The Morgan fingerprint density at radius 1 is 1.20 bits per heavy atom. The summed E-state index contributed by atoms with van der Waals surface area (Å²) in [5.41, 5.74) is 1.50. The van der Waals surface area contributed by atoms with Gasteiger partial charge in [-0.05, 0) is 41.7 Å². The minimum absolute atomic E-state index is 1.14. The predicted molar refractivity (Wildman–Crippen MR) is 69.6 cm³/mol. The van der Waals surface area contributed by atoms with E-state index < -0.39 is 0 Å². The van der Waals surface area contributed by atoms with E-state index in [4.69, 9.17) is 0 Å². The first kappa shape index (κ1) is 10.4. The lowest BCUT2D eigenvalue weighted by Crippen LogP contribution is -1.79. The molecule has 0 amide bonds. The molecule has 0 N–H and O–H groups in total. The zero-order valence-corrected chi connectivity index (χ0v) is 9.89. The van der Waals surface area contributed by atoms with Crippen molar-refractivity contribution < 1.29 is 0 Å². The van der Waals surface area contributed by atoms with Crippen molar-refractivity contribution in [3.05, 3.63) is 47.4 Å². The summed E-state index contributed by atoms with van der Waals surface area (Å²) in [6.45, 7) is 2.18. The summed E-state index contributed by atoms with van der Waals surface area (Å²) in [5, 5.41) is 3.73. The molecule has 0 aliphatic carbocycles. The third kappa shape index (κ3) is 2.48. The van der Waals surface area contributed by atoms with Gasteiger partial charge in [-0.1, -0.05) is 37.3 Å². The first-order chi connectivity index (χ1) is 7.42. The molecule has 0 radical (unpaired) electrons. The quantitative estimate of drug-likeness (QED) is 0.644. The van der Waals surface area contributed by atoms with Crippen LogP contribution < -0.4 is 0 Å². The predicted octanol–water partition coefficient (Wildman–Crippen LogP) is 4.80. The number of hydrogen-bond donors (Lipinski definition) is 0. The zero-order chi connectivity index (χ0) is 10.5. The zero-order valence-electron chi connectivity index (χ0n) is 9.07. The van der Waals surface area contributed by atoms with E-state index in [1.807, 2.05) is 11.3 Å². The highest BCUT2D eigenvalue weighted by Crippen LogP contribution is 2.26. The van der Waals surface area contributed by atoms with Crippen LogP contribution in [0.1, 0.15) is 25.3 Å². The normalized spacial score (nSPS) is 11.5. The molecule has 1 heteroatoms. The van der Waals surface area contributed by atoms with Crippen molar-refractivity contribution in [2.45, 2.75) is 26.2 Å². The molecule has 0 unspecified atom stereocenters. The van der Waals surface area contributed by atoms with Crippen molar-refractivity contribution in [2.75, 3.05) is 0 Å². The molecule has 0 spiro atoms. The maximum Gasteiger partial charge on any atom is 0.0345 e. The van der Waals surface area contributed by atoms with Crippen LogP contribution in [0.4, 0.5) is 0 Å². The Kier molecular flexibility index (Phi) is 3.57. The van der Waals surface area contributed by atoms with Crippen molar-refractivity contribution >= 4 is 21.4 Å². The van der Waals surface area contributed by atoms with Crippen LogP contribution in [0.3, 0.4) is 0 Å². The first-order valence-corrected chi connectivity index (χ1v) is 6.40. The average Bonchev–Trinajstić information content (AvgIpc) is 2.68. The van der Waals surface area contributed by atoms with Crippen LogP contribution in [0.15, 0.2) is 41.8 Å². The Morgan fingerprint density at radius 2 is 2.07 bits per heavy atom. The molecule has 1 aromatic carbocycles. The smallest absolute Gasteiger partial charge is 0.0345 e. The minimum Gasteiger partial charge on any atom is -0.144 e. The molecule has 1 heterocycles. The molecular weight excluding hydrogens is 200 g/mol. The van der Waals surface area contributed by atoms with E-state index >= 15 is 0 Å². The first-order valence-electron chi connectivity index (χ1n) is 5.52. The van der Waals surface area contributed by atoms with Crippen molar-refractivity contribution in [3.63, 3.8) is 0 Å². The number of allylic oxidation sites excluding steroid dienone is 2. The number of rotatable bonds is 4. The van der Waals surface area contributed by atoms with Gasteiger partial charge in [0.05, 0.1) is 0 Å². The number of fused-ring (bicyclic) bond motifs is 1. The summed E-state index contributed by atoms with van der Waals surface area (Å²) < 4.78 is 1.41. The van der Waals surface area contributed by atoms with Crippen LogP contribution in [-0.2, 0) is 6.42 Å². The van der Waals surface area contributed by atoms with Crippen LogP contribution in [0.5, 0.6) is 0 Å². The molecule has 15 heavy (non-hydrogen) atoms. The van der Waals surface area contributed by atoms with Gasteiger partial charge in [-0.2, -0.15) is 0 Å². The molecule has 0 aliphatic rings. The number of aryl methyl sites for hydroxylation is 1. The van der Waals surface area contributed by atoms with Crippen LogP contribution >= 0.6 is 11.3 Å². The lowest BCUT2D eigenvalue weighted by atomic mass is 10.1. The number of hydrogen-bond acceptors (Lipinski definition) is 1. The van der Waals surface area contributed by atoms with Gasteiger partial charge in [0.15, 0.2) is 0 Å². The van der Waals surface area contributed by atoms with Gasteiger partial charge in [-0.15, -0.1) is 11.3 Å². The Bertz CT molecular complexity index is 451. The van der Waals surface area contributed by atoms with E-state index in [0.29, 0.717) is 0 Å². The second-order valence-electron chi connectivity index (χ2n) is 3.68. The van der Waals surface area contributed by atoms with Crippen molar-refractivity contribution in [1.29, 1.82) is 0 Å². The van der Waals surface area contributed by atoms with Crippen LogP contribution in [0, 0.1) is 0 Å². The third-order valence-corrected chi connectivity index (χ3v) is 3.56. The summed E-state index contributed by atoms with van der Waals surface area (Å²) in [7, 11) is 0. The standard InChI is InChI=1S/C14H16S/c1-2-3-4-5-8-12-11-15-14-10-7-6-9-13(12)14/h3-4,6-7,9-11H,2,5,8H2,1H3/b4-3-. The summed E-state index contributed by atoms with van der Waals surface area (Å²) in [5.74, 6) is 0. The Morgan fingerprint density at radius 3 is 2.93 bits per heavy atom. The van der Waals surface area contributed by atoms with Crippen molar-refractivity contribution in [1.82, 2.24) is 0 Å². The SMILES string of the molecule is CC/C=C\CCc1csc2ccccc12. The largest absolute Gasteiger partial charge is 0.144 e. The molecule has 0 bridgehead atoms. The molecule has 0 aliphatic heterocycles. The fraction of sp³-hybridized carbons (Fsp3) is 0.286. The second-order valence-corrected chi connectivity index (χ2v) is 4.59. The van der Waals surface area contributed by atoms with Crippen LogP contribution in [0.2, 0.25) is 0 Å². The van der Waals surface area contributed by atoms with E-state index in [9.17, 15) is 0 Å². The summed E-state index contributed by atoms with van der Waals surface area (Å²) in [6, 6.07) is 8.66. The lowest BCUT2D eigenvalue weighted by Gasteiger charge is -1.95. The highest BCUT2D eigenvalue weighted by molar-refractivity contribution is 7.17. The molecule has 0 saturated carbocycles. The molecule has 78 valence electrons. The molecular formula is C14H16S. The Balaban J connectivity index is 2.11. The van der Waals surface area contributed by atoms with Gasteiger partial charge in [0.2, 0.25) is 0 Å². The number of benzene rings is 1. The monoisotopic (exact) mass is 216 g/mol. The van der Waals surface area contributed by atoms with Gasteiger partial charge < -0.3 is 0 Å². The van der Waals surface area contributed by atoms with Gasteiger partial charge in [-0.3, -0.25) is 0 Å². The Labute approximate surface area is 95.3 Å². The van der Waals surface area contributed by atoms with Gasteiger partial charge >= 0.3 is 0 Å². The molecule has 0 atom stereocenters. The van der Waals surface area contributed by atoms with Gasteiger partial charge in [0.25, 0.3) is 0 Å². The Hall–Kier alpha value is -1.08. The van der Waals surface area contributed by atoms with Crippen molar-refractivity contribution in [2.24, 2.45) is 0 Å². The topological polar surface area (TPSA) is 0 Å². The molecule has 2 aromatic rings. The molecule has 1 aromatic heterocycles. The molecule has 0 fully saturated rings. The fourth-order valence-corrected chi connectivity index (χ4v) is 2.75. The summed E-state index contributed by atoms with van der Waals surface area (Å²) in [4.78, 5) is 0. The van der Waals surface area contributed by atoms with Crippen molar-refractivity contribution in [3.8, 4) is 0 Å². The van der Waals surface area contributed by atoms with E-state index in [0.717, 1.165) is 12.8 Å². The van der Waals surface area contributed by atoms with E-state index in [-0.39, 0.29) is 0 Å². The van der Waals surface area contributed by atoms with E-state index in [1.165, 1.54) is 22.1 Å². The average molecular weight is 216 g/mol. The van der Waals surface area contributed by atoms with Crippen LogP contribution in [0.25, 0.3) is 10.1 Å². The third-order valence-electron chi connectivity index (χ3n) is 2.54. The second kappa shape index (κ2) is 5.13. The highest BCUT2D eigenvalue weighted by Gasteiger charge is 2.01. The maximum absolute atomic E-state index is 2.30.